The van der Waals surface area contributed by atoms with Crippen molar-refractivity contribution in [2.75, 3.05) is 21.2 Å². The third-order valence-corrected chi connectivity index (χ3v) is 2.01. The number of hydrogen-bond acceptors (Lipinski definition) is 4. The standard InChI is InChI=1S/C11H18N2O2/c1-13(2)7-9-4-10(8-15-12)6-11(5-9)14-3/h4-6H,7-8,12H2,1-3H3. The highest BCUT2D eigenvalue weighted by Crippen LogP contribution is 2.18. The van der Waals surface area contributed by atoms with Gasteiger partial charge in [-0.3, -0.25) is 4.84 Å². The molecule has 15 heavy (non-hydrogen) atoms. The molecule has 0 atom stereocenters. The van der Waals surface area contributed by atoms with E-state index < -0.39 is 0 Å². The molecule has 0 fully saturated rings. The second-order valence-corrected chi connectivity index (χ2v) is 3.74. The Morgan fingerprint density at radius 2 is 1.87 bits per heavy atom. The van der Waals surface area contributed by atoms with Crippen LogP contribution in [0.25, 0.3) is 0 Å². The van der Waals surface area contributed by atoms with Crippen molar-refractivity contribution in [1.82, 2.24) is 4.90 Å². The van der Waals surface area contributed by atoms with E-state index in [9.17, 15) is 0 Å². The van der Waals surface area contributed by atoms with Crippen molar-refractivity contribution >= 4 is 0 Å². The Morgan fingerprint density at radius 3 is 2.40 bits per heavy atom. The third-order valence-electron chi connectivity index (χ3n) is 2.01. The van der Waals surface area contributed by atoms with E-state index in [1.165, 1.54) is 5.56 Å². The Balaban J connectivity index is 2.89. The van der Waals surface area contributed by atoms with Gasteiger partial charge < -0.3 is 9.64 Å². The van der Waals surface area contributed by atoms with E-state index in [-0.39, 0.29) is 0 Å². The molecule has 0 aromatic heterocycles. The summed E-state index contributed by atoms with van der Waals surface area (Å²) in [7, 11) is 5.71. The summed E-state index contributed by atoms with van der Waals surface area (Å²) >= 11 is 0. The summed E-state index contributed by atoms with van der Waals surface area (Å²) in [6.45, 7) is 1.27. The average molecular weight is 210 g/mol. The van der Waals surface area contributed by atoms with Crippen molar-refractivity contribution in [1.29, 1.82) is 0 Å². The van der Waals surface area contributed by atoms with Gasteiger partial charge in [-0.05, 0) is 37.4 Å². The molecule has 0 heterocycles. The predicted molar refractivity (Wildman–Crippen MR) is 59.4 cm³/mol. The minimum absolute atomic E-state index is 0.400. The predicted octanol–water partition coefficient (Wildman–Crippen LogP) is 1.15. The molecule has 0 unspecified atom stereocenters. The molecule has 1 aromatic rings. The highest BCUT2D eigenvalue weighted by atomic mass is 16.6. The Kier molecular flexibility index (Phi) is 4.55. The molecule has 0 bridgehead atoms. The minimum atomic E-state index is 0.400. The van der Waals surface area contributed by atoms with Gasteiger partial charge in [0.1, 0.15) is 5.75 Å². The fraction of sp³-hybridized carbons (Fsp3) is 0.455. The largest absolute Gasteiger partial charge is 0.497 e. The summed E-state index contributed by atoms with van der Waals surface area (Å²) < 4.78 is 5.21. The molecule has 0 spiro atoms. The van der Waals surface area contributed by atoms with Gasteiger partial charge in [-0.25, -0.2) is 5.90 Å². The molecule has 0 saturated carbocycles. The molecule has 0 saturated heterocycles. The third kappa shape index (κ3) is 3.87. The molecule has 4 nitrogen and oxygen atoms in total. The number of methoxy groups -OCH3 is 1. The summed E-state index contributed by atoms with van der Waals surface area (Å²) in [5.41, 5.74) is 2.21. The molecular formula is C11H18N2O2. The number of benzene rings is 1. The lowest BCUT2D eigenvalue weighted by Gasteiger charge is -2.12. The highest BCUT2D eigenvalue weighted by Gasteiger charge is 2.02. The normalized spacial score (nSPS) is 10.7. The first-order chi connectivity index (χ1) is 7.15. The van der Waals surface area contributed by atoms with Crippen LogP contribution >= 0.6 is 0 Å². The first-order valence-corrected chi connectivity index (χ1v) is 4.79. The summed E-state index contributed by atoms with van der Waals surface area (Å²) in [6, 6.07) is 6.00. The average Bonchev–Trinajstić information content (AvgIpc) is 2.16. The molecule has 2 N–H and O–H groups in total. The number of hydrogen-bond donors (Lipinski definition) is 1. The summed E-state index contributed by atoms with van der Waals surface area (Å²) in [5, 5.41) is 0. The van der Waals surface area contributed by atoms with E-state index in [0.717, 1.165) is 17.9 Å². The van der Waals surface area contributed by atoms with E-state index >= 15 is 0 Å². The van der Waals surface area contributed by atoms with Crippen LogP contribution in [0.15, 0.2) is 18.2 Å². The van der Waals surface area contributed by atoms with Crippen LogP contribution in [0, 0.1) is 0 Å². The van der Waals surface area contributed by atoms with Gasteiger partial charge >= 0.3 is 0 Å². The van der Waals surface area contributed by atoms with E-state index in [2.05, 4.69) is 15.8 Å². The van der Waals surface area contributed by atoms with Crippen LogP contribution in [-0.2, 0) is 18.0 Å². The van der Waals surface area contributed by atoms with Gasteiger partial charge in [0.15, 0.2) is 0 Å². The molecule has 84 valence electrons. The topological polar surface area (TPSA) is 47.7 Å². The summed E-state index contributed by atoms with van der Waals surface area (Å²) in [4.78, 5) is 6.72. The highest BCUT2D eigenvalue weighted by molar-refractivity contribution is 5.34. The maximum atomic E-state index is 5.21. The van der Waals surface area contributed by atoms with Gasteiger partial charge in [0, 0.05) is 6.54 Å². The van der Waals surface area contributed by atoms with Crippen molar-refractivity contribution in [3.05, 3.63) is 29.3 Å². The Labute approximate surface area is 90.5 Å². The zero-order chi connectivity index (χ0) is 11.3. The van der Waals surface area contributed by atoms with E-state index in [4.69, 9.17) is 10.6 Å². The van der Waals surface area contributed by atoms with Crippen LogP contribution in [0.1, 0.15) is 11.1 Å². The lowest BCUT2D eigenvalue weighted by atomic mass is 10.1. The first kappa shape index (κ1) is 12.0. The maximum Gasteiger partial charge on any atom is 0.119 e. The fourth-order valence-electron chi connectivity index (χ4n) is 1.48. The fourth-order valence-corrected chi connectivity index (χ4v) is 1.48. The maximum absolute atomic E-state index is 5.21. The van der Waals surface area contributed by atoms with Gasteiger partial charge in [0.05, 0.1) is 13.7 Å². The quantitative estimate of drug-likeness (QED) is 0.740. The van der Waals surface area contributed by atoms with Crippen LogP contribution in [-0.4, -0.2) is 26.1 Å². The first-order valence-electron chi connectivity index (χ1n) is 4.79. The van der Waals surface area contributed by atoms with Crippen LogP contribution in [0.4, 0.5) is 0 Å². The van der Waals surface area contributed by atoms with Crippen LogP contribution in [0.2, 0.25) is 0 Å². The number of nitrogens with zero attached hydrogens (tertiary/aromatic N) is 1. The Bertz CT molecular complexity index is 313. The molecule has 4 heteroatoms. The van der Waals surface area contributed by atoms with Crippen LogP contribution < -0.4 is 10.6 Å². The molecule has 0 amide bonds. The lowest BCUT2D eigenvalue weighted by Crippen LogP contribution is -2.11. The van der Waals surface area contributed by atoms with Gasteiger partial charge in [-0.1, -0.05) is 6.07 Å². The van der Waals surface area contributed by atoms with Crippen molar-refractivity contribution < 1.29 is 9.57 Å². The Hall–Kier alpha value is -1.10. The number of rotatable bonds is 5. The zero-order valence-corrected chi connectivity index (χ0v) is 9.49. The second kappa shape index (κ2) is 5.70. The minimum Gasteiger partial charge on any atom is -0.497 e. The lowest BCUT2D eigenvalue weighted by molar-refractivity contribution is 0.124. The zero-order valence-electron chi connectivity index (χ0n) is 9.49. The second-order valence-electron chi connectivity index (χ2n) is 3.74. The molecule has 1 aromatic carbocycles. The molecule has 0 aliphatic carbocycles. The smallest absolute Gasteiger partial charge is 0.119 e. The van der Waals surface area contributed by atoms with Crippen LogP contribution in [0.3, 0.4) is 0 Å². The molecule has 0 aliphatic heterocycles. The van der Waals surface area contributed by atoms with E-state index in [0.29, 0.717) is 6.61 Å². The Morgan fingerprint density at radius 1 is 1.20 bits per heavy atom. The molecule has 0 aliphatic rings. The van der Waals surface area contributed by atoms with Gasteiger partial charge in [-0.15, -0.1) is 0 Å². The van der Waals surface area contributed by atoms with Gasteiger partial charge in [-0.2, -0.15) is 0 Å². The number of ether oxygens (including phenoxy) is 1. The van der Waals surface area contributed by atoms with Gasteiger partial charge in [0.2, 0.25) is 0 Å². The van der Waals surface area contributed by atoms with E-state index in [1.807, 2.05) is 26.2 Å². The molecule has 0 radical (unpaired) electrons. The van der Waals surface area contributed by atoms with Gasteiger partial charge in [0.25, 0.3) is 0 Å². The monoisotopic (exact) mass is 210 g/mol. The van der Waals surface area contributed by atoms with Crippen molar-refractivity contribution in [2.45, 2.75) is 13.2 Å². The van der Waals surface area contributed by atoms with Crippen molar-refractivity contribution in [3.8, 4) is 5.75 Å². The summed E-state index contributed by atoms with van der Waals surface area (Å²) in [6.07, 6.45) is 0. The molecule has 1 rings (SSSR count). The van der Waals surface area contributed by atoms with Crippen LogP contribution in [0.5, 0.6) is 5.75 Å². The van der Waals surface area contributed by atoms with E-state index in [1.54, 1.807) is 7.11 Å². The van der Waals surface area contributed by atoms with Crippen molar-refractivity contribution in [2.24, 2.45) is 5.90 Å². The number of nitrogens with two attached hydrogens (primary N) is 1. The molecular weight excluding hydrogens is 192 g/mol. The SMILES string of the molecule is COc1cc(CON)cc(CN(C)C)c1. The summed E-state index contributed by atoms with van der Waals surface area (Å²) in [5.74, 6) is 5.89. The van der Waals surface area contributed by atoms with Crippen molar-refractivity contribution in [3.63, 3.8) is 0 Å².